The normalized spacial score (nSPS) is 15.4. The number of para-hydroxylation sites is 1. The monoisotopic (exact) mass is 344 g/mol. The van der Waals surface area contributed by atoms with Crippen LogP contribution in [0.25, 0.3) is 0 Å². The summed E-state index contributed by atoms with van der Waals surface area (Å²) in [5.74, 6) is 2.08. The van der Waals surface area contributed by atoms with Crippen molar-refractivity contribution in [2.45, 2.75) is 43.7 Å². The molecule has 1 aliphatic rings. The van der Waals surface area contributed by atoms with Gasteiger partial charge in [0.25, 0.3) is 0 Å². The number of aromatic nitrogens is 3. The van der Waals surface area contributed by atoms with Crippen molar-refractivity contribution in [2.24, 2.45) is 13.0 Å². The second kappa shape index (κ2) is 8.33. The van der Waals surface area contributed by atoms with E-state index in [4.69, 9.17) is 0 Å². The third-order valence-electron chi connectivity index (χ3n) is 4.51. The second-order valence-electron chi connectivity index (χ2n) is 6.37. The van der Waals surface area contributed by atoms with E-state index in [1.165, 1.54) is 43.9 Å². The first-order valence-electron chi connectivity index (χ1n) is 8.58. The lowest BCUT2D eigenvalue weighted by Crippen LogP contribution is -2.15. The van der Waals surface area contributed by atoms with Gasteiger partial charge in [0.05, 0.1) is 5.75 Å². The zero-order valence-corrected chi connectivity index (χ0v) is 14.9. The fourth-order valence-electron chi connectivity index (χ4n) is 3.15. The van der Waals surface area contributed by atoms with Gasteiger partial charge in [-0.05, 0) is 18.1 Å². The summed E-state index contributed by atoms with van der Waals surface area (Å²) < 4.78 is 2.04. The largest absolute Gasteiger partial charge is 0.325 e. The van der Waals surface area contributed by atoms with Crippen LogP contribution in [0.2, 0.25) is 0 Å². The van der Waals surface area contributed by atoms with Gasteiger partial charge in [-0.15, -0.1) is 10.2 Å². The van der Waals surface area contributed by atoms with Crippen LogP contribution in [0.1, 0.15) is 37.9 Å². The minimum absolute atomic E-state index is 0.0250. The number of rotatable bonds is 6. The van der Waals surface area contributed by atoms with Crippen LogP contribution < -0.4 is 5.32 Å². The number of carbonyl (C=O) groups is 1. The lowest BCUT2D eigenvalue weighted by atomic mass is 9.87. The van der Waals surface area contributed by atoms with Crippen LogP contribution in [0, 0.1) is 5.92 Å². The second-order valence-corrected chi connectivity index (χ2v) is 7.31. The van der Waals surface area contributed by atoms with E-state index in [1.807, 2.05) is 41.9 Å². The number of nitrogens with one attached hydrogen (secondary N) is 1. The first-order valence-corrected chi connectivity index (χ1v) is 9.57. The summed E-state index contributed by atoms with van der Waals surface area (Å²) in [5.41, 5.74) is 0.819. The Morgan fingerprint density at radius 3 is 2.71 bits per heavy atom. The summed E-state index contributed by atoms with van der Waals surface area (Å²) in [5, 5.41) is 12.3. The molecule has 1 aromatic heterocycles. The van der Waals surface area contributed by atoms with Crippen LogP contribution >= 0.6 is 11.8 Å². The molecule has 0 bridgehead atoms. The molecule has 5 nitrogen and oxygen atoms in total. The molecule has 0 saturated heterocycles. The fourth-order valence-corrected chi connectivity index (χ4v) is 3.88. The number of benzene rings is 1. The molecule has 0 spiro atoms. The highest BCUT2D eigenvalue weighted by Crippen LogP contribution is 2.27. The molecule has 1 saturated carbocycles. The molecule has 128 valence electrons. The molecule has 3 rings (SSSR count). The van der Waals surface area contributed by atoms with E-state index >= 15 is 0 Å². The van der Waals surface area contributed by atoms with Gasteiger partial charge in [0.1, 0.15) is 5.82 Å². The maximum atomic E-state index is 12.0. The van der Waals surface area contributed by atoms with E-state index in [0.29, 0.717) is 5.75 Å². The van der Waals surface area contributed by atoms with Crippen LogP contribution in [0.3, 0.4) is 0 Å². The minimum Gasteiger partial charge on any atom is -0.325 e. The van der Waals surface area contributed by atoms with E-state index < -0.39 is 0 Å². The number of nitrogens with zero attached hydrogens (tertiary/aromatic N) is 3. The molecule has 1 N–H and O–H groups in total. The maximum absolute atomic E-state index is 12.0. The lowest BCUT2D eigenvalue weighted by molar-refractivity contribution is -0.113. The smallest absolute Gasteiger partial charge is 0.234 e. The van der Waals surface area contributed by atoms with Gasteiger partial charge in [0.2, 0.25) is 5.91 Å². The number of thioether (sulfide) groups is 1. The molecular formula is C18H24N4OS. The van der Waals surface area contributed by atoms with Crippen molar-refractivity contribution in [3.63, 3.8) is 0 Å². The standard InChI is InChI=1S/C18H24N4OS/c1-22-16(12-14-8-4-2-5-9-14)20-21-18(22)24-13-17(23)19-15-10-6-3-7-11-15/h3,6-7,10-11,14H,2,4-5,8-9,12-13H2,1H3,(H,19,23). The van der Waals surface area contributed by atoms with Crippen molar-refractivity contribution in [1.29, 1.82) is 0 Å². The Bertz CT molecular complexity index is 665. The molecule has 2 aromatic rings. The molecule has 1 heterocycles. The van der Waals surface area contributed by atoms with Crippen LogP contribution in [0.5, 0.6) is 0 Å². The van der Waals surface area contributed by atoms with Gasteiger partial charge in [-0.25, -0.2) is 0 Å². The van der Waals surface area contributed by atoms with E-state index in [0.717, 1.165) is 29.0 Å². The van der Waals surface area contributed by atoms with Crippen molar-refractivity contribution in [3.8, 4) is 0 Å². The molecule has 0 unspecified atom stereocenters. The Kier molecular flexibility index (Phi) is 5.91. The van der Waals surface area contributed by atoms with Gasteiger partial charge in [0, 0.05) is 19.2 Å². The first-order chi connectivity index (χ1) is 11.7. The highest BCUT2D eigenvalue weighted by Gasteiger charge is 2.18. The van der Waals surface area contributed by atoms with Crippen molar-refractivity contribution < 1.29 is 4.79 Å². The van der Waals surface area contributed by atoms with Crippen molar-refractivity contribution in [1.82, 2.24) is 14.8 Å². The van der Waals surface area contributed by atoms with Crippen molar-refractivity contribution in [2.75, 3.05) is 11.1 Å². The fraction of sp³-hybridized carbons (Fsp3) is 0.500. The molecule has 24 heavy (non-hydrogen) atoms. The molecule has 0 aliphatic heterocycles. The summed E-state index contributed by atoms with van der Waals surface area (Å²) in [6, 6.07) is 9.50. The van der Waals surface area contributed by atoms with Gasteiger partial charge >= 0.3 is 0 Å². The first kappa shape index (κ1) is 17.0. The van der Waals surface area contributed by atoms with Gasteiger partial charge < -0.3 is 9.88 Å². The van der Waals surface area contributed by atoms with Crippen LogP contribution in [-0.4, -0.2) is 26.4 Å². The summed E-state index contributed by atoms with van der Waals surface area (Å²) in [6.07, 6.45) is 7.64. The zero-order valence-electron chi connectivity index (χ0n) is 14.1. The number of hydrogen-bond donors (Lipinski definition) is 1. The molecule has 6 heteroatoms. The summed E-state index contributed by atoms with van der Waals surface area (Å²) >= 11 is 1.43. The van der Waals surface area contributed by atoms with Crippen LogP contribution in [-0.2, 0) is 18.3 Å². The maximum Gasteiger partial charge on any atom is 0.234 e. The SMILES string of the molecule is Cn1c(CC2CCCCC2)nnc1SCC(=O)Nc1ccccc1. The zero-order chi connectivity index (χ0) is 16.8. The predicted molar refractivity (Wildman–Crippen MR) is 97.1 cm³/mol. The van der Waals surface area contributed by atoms with Crippen LogP contribution in [0.15, 0.2) is 35.5 Å². The molecule has 1 amide bonds. The summed E-state index contributed by atoms with van der Waals surface area (Å²) in [4.78, 5) is 12.0. The molecule has 1 fully saturated rings. The average Bonchev–Trinajstić information content (AvgIpc) is 2.95. The molecule has 0 radical (unpaired) electrons. The number of amides is 1. The summed E-state index contributed by atoms with van der Waals surface area (Å²) in [6.45, 7) is 0. The molecule has 0 atom stereocenters. The predicted octanol–water partition coefficient (Wildman–Crippen LogP) is 3.67. The number of carbonyl (C=O) groups excluding carboxylic acids is 1. The summed E-state index contributed by atoms with van der Waals surface area (Å²) in [7, 11) is 2.00. The topological polar surface area (TPSA) is 59.8 Å². The third kappa shape index (κ3) is 4.60. The van der Waals surface area contributed by atoms with Crippen molar-refractivity contribution in [3.05, 3.63) is 36.2 Å². The molecule has 1 aromatic carbocycles. The Morgan fingerprint density at radius 2 is 1.96 bits per heavy atom. The highest BCUT2D eigenvalue weighted by molar-refractivity contribution is 7.99. The average molecular weight is 344 g/mol. The van der Waals surface area contributed by atoms with Gasteiger partial charge in [-0.3, -0.25) is 4.79 Å². The third-order valence-corrected chi connectivity index (χ3v) is 5.53. The molecule has 1 aliphatic carbocycles. The molecular weight excluding hydrogens is 320 g/mol. The Labute approximate surface area is 147 Å². The Morgan fingerprint density at radius 1 is 1.21 bits per heavy atom. The highest BCUT2D eigenvalue weighted by atomic mass is 32.2. The van der Waals surface area contributed by atoms with Gasteiger partial charge in [0.15, 0.2) is 5.16 Å². The van der Waals surface area contributed by atoms with Crippen molar-refractivity contribution >= 4 is 23.4 Å². The number of hydrogen-bond acceptors (Lipinski definition) is 4. The van der Waals surface area contributed by atoms with E-state index in [1.54, 1.807) is 0 Å². The minimum atomic E-state index is -0.0250. The van der Waals surface area contributed by atoms with Crippen LogP contribution in [0.4, 0.5) is 5.69 Å². The Hall–Kier alpha value is -1.82. The number of anilines is 1. The van der Waals surface area contributed by atoms with E-state index in [9.17, 15) is 4.79 Å². The lowest BCUT2D eigenvalue weighted by Gasteiger charge is -2.20. The Balaban J connectivity index is 1.51. The van der Waals surface area contributed by atoms with E-state index in [-0.39, 0.29) is 5.91 Å². The van der Waals surface area contributed by atoms with E-state index in [2.05, 4.69) is 15.5 Å². The van der Waals surface area contributed by atoms with Gasteiger partial charge in [-0.1, -0.05) is 62.1 Å². The van der Waals surface area contributed by atoms with Gasteiger partial charge in [-0.2, -0.15) is 0 Å². The quantitative estimate of drug-likeness (QED) is 0.812.